The Morgan fingerprint density at radius 2 is 2.19 bits per heavy atom. The monoisotopic (exact) mass is 224 g/mol. The minimum atomic E-state index is -0.464. The van der Waals surface area contributed by atoms with Gasteiger partial charge >= 0.3 is 6.09 Å². The van der Waals surface area contributed by atoms with Crippen molar-refractivity contribution < 1.29 is 9.53 Å². The molecular weight excluding hydrogens is 204 g/mol. The summed E-state index contributed by atoms with van der Waals surface area (Å²) in [4.78, 5) is 11.4. The summed E-state index contributed by atoms with van der Waals surface area (Å²) in [5.74, 6) is 0.382. The highest BCUT2D eigenvalue weighted by molar-refractivity contribution is 5.67. The minimum Gasteiger partial charge on any atom is -0.444 e. The van der Waals surface area contributed by atoms with Gasteiger partial charge in [-0.15, -0.1) is 0 Å². The summed E-state index contributed by atoms with van der Waals surface area (Å²) < 4.78 is 5.13. The highest BCUT2D eigenvalue weighted by Crippen LogP contribution is 2.30. The van der Waals surface area contributed by atoms with E-state index in [1.807, 2.05) is 20.8 Å². The van der Waals surface area contributed by atoms with Gasteiger partial charge < -0.3 is 10.1 Å². The molecule has 0 heterocycles. The van der Waals surface area contributed by atoms with Crippen LogP contribution in [0.15, 0.2) is 0 Å². The fraction of sp³-hybridized carbons (Fsp3) is 0.833. The first-order chi connectivity index (χ1) is 7.42. The Bertz CT molecular complexity index is 288. The first-order valence-corrected chi connectivity index (χ1v) is 5.79. The summed E-state index contributed by atoms with van der Waals surface area (Å²) in [5, 5.41) is 11.6. The number of nitrogens with zero attached hydrogens (tertiary/aromatic N) is 1. The van der Waals surface area contributed by atoms with Gasteiger partial charge in [0.2, 0.25) is 0 Å². The predicted molar refractivity (Wildman–Crippen MR) is 60.7 cm³/mol. The number of carbonyl (C=O) groups is 1. The molecule has 0 bridgehead atoms. The number of nitrogens with one attached hydrogen (secondary N) is 1. The molecule has 1 amide bonds. The fourth-order valence-electron chi connectivity index (χ4n) is 1.98. The van der Waals surface area contributed by atoms with Crippen molar-refractivity contribution in [2.75, 3.05) is 6.54 Å². The van der Waals surface area contributed by atoms with Gasteiger partial charge in [-0.1, -0.05) is 6.42 Å². The first kappa shape index (κ1) is 12.8. The van der Waals surface area contributed by atoms with Crippen molar-refractivity contribution in [3.8, 4) is 6.07 Å². The van der Waals surface area contributed by atoms with Crippen molar-refractivity contribution in [3.63, 3.8) is 0 Å². The van der Waals surface area contributed by atoms with Crippen LogP contribution in [0.3, 0.4) is 0 Å². The van der Waals surface area contributed by atoms with Gasteiger partial charge in [-0.05, 0) is 39.5 Å². The summed E-state index contributed by atoms with van der Waals surface area (Å²) in [5.41, 5.74) is -0.464. The van der Waals surface area contributed by atoms with Crippen molar-refractivity contribution in [2.24, 2.45) is 11.8 Å². The van der Waals surface area contributed by atoms with Gasteiger partial charge in [0.05, 0.1) is 12.0 Å². The molecule has 0 spiro atoms. The summed E-state index contributed by atoms with van der Waals surface area (Å²) in [6.45, 7) is 6.05. The van der Waals surface area contributed by atoms with Crippen LogP contribution in [0.1, 0.15) is 40.0 Å². The van der Waals surface area contributed by atoms with E-state index in [1.165, 1.54) is 0 Å². The molecule has 4 nitrogen and oxygen atoms in total. The molecule has 0 saturated heterocycles. The second-order valence-electron chi connectivity index (χ2n) is 5.31. The number of carbonyl (C=O) groups excluding carboxylic acids is 1. The molecule has 1 aliphatic carbocycles. The van der Waals surface area contributed by atoms with Crippen molar-refractivity contribution >= 4 is 6.09 Å². The molecule has 1 saturated carbocycles. The quantitative estimate of drug-likeness (QED) is 0.783. The number of rotatable bonds is 2. The van der Waals surface area contributed by atoms with Crippen LogP contribution in [-0.4, -0.2) is 18.2 Å². The second-order valence-corrected chi connectivity index (χ2v) is 5.31. The largest absolute Gasteiger partial charge is 0.444 e. The standard InChI is InChI=1S/C12H20N2O2/c1-12(2,3)16-11(15)14-8-10-6-4-5-9(10)7-13/h9-10H,4-6,8H2,1-3H3,(H,14,15). The normalized spacial score (nSPS) is 24.9. The molecular formula is C12H20N2O2. The summed E-state index contributed by atoms with van der Waals surface area (Å²) in [6, 6.07) is 2.29. The zero-order chi connectivity index (χ0) is 12.2. The van der Waals surface area contributed by atoms with E-state index < -0.39 is 11.7 Å². The summed E-state index contributed by atoms with van der Waals surface area (Å²) >= 11 is 0. The van der Waals surface area contributed by atoms with E-state index in [1.54, 1.807) is 0 Å². The Morgan fingerprint density at radius 3 is 2.75 bits per heavy atom. The van der Waals surface area contributed by atoms with Gasteiger partial charge in [0, 0.05) is 6.54 Å². The lowest BCUT2D eigenvalue weighted by atomic mass is 9.98. The van der Waals surface area contributed by atoms with Crippen molar-refractivity contribution in [1.82, 2.24) is 5.32 Å². The second kappa shape index (κ2) is 5.20. The van der Waals surface area contributed by atoms with E-state index in [-0.39, 0.29) is 11.8 Å². The van der Waals surface area contributed by atoms with Gasteiger partial charge in [0.1, 0.15) is 5.60 Å². The molecule has 1 fully saturated rings. The highest BCUT2D eigenvalue weighted by Gasteiger charge is 2.27. The van der Waals surface area contributed by atoms with Crippen LogP contribution in [0.4, 0.5) is 4.79 Å². The maximum absolute atomic E-state index is 11.4. The van der Waals surface area contributed by atoms with Crippen molar-refractivity contribution in [2.45, 2.75) is 45.6 Å². The molecule has 0 aromatic carbocycles. The molecule has 4 heteroatoms. The molecule has 0 aromatic rings. The molecule has 1 rings (SSSR count). The number of hydrogen-bond donors (Lipinski definition) is 1. The summed E-state index contributed by atoms with van der Waals surface area (Å²) in [7, 11) is 0. The van der Waals surface area contributed by atoms with Gasteiger partial charge in [-0.3, -0.25) is 0 Å². The third-order valence-corrected chi connectivity index (χ3v) is 2.73. The van der Waals surface area contributed by atoms with E-state index >= 15 is 0 Å². The molecule has 0 aromatic heterocycles. The minimum absolute atomic E-state index is 0.0925. The zero-order valence-corrected chi connectivity index (χ0v) is 10.2. The molecule has 0 aliphatic heterocycles. The van der Waals surface area contributed by atoms with E-state index in [2.05, 4.69) is 11.4 Å². The number of amides is 1. The van der Waals surface area contributed by atoms with Gasteiger partial charge in [0.25, 0.3) is 0 Å². The summed E-state index contributed by atoms with van der Waals surface area (Å²) in [6.07, 6.45) is 2.67. The lowest BCUT2D eigenvalue weighted by Crippen LogP contribution is -2.35. The van der Waals surface area contributed by atoms with Crippen LogP contribution in [-0.2, 0) is 4.74 Å². The van der Waals surface area contributed by atoms with E-state index in [0.717, 1.165) is 19.3 Å². The average molecular weight is 224 g/mol. The Kier molecular flexibility index (Phi) is 4.17. The zero-order valence-electron chi connectivity index (χ0n) is 10.2. The molecule has 16 heavy (non-hydrogen) atoms. The smallest absolute Gasteiger partial charge is 0.407 e. The Hall–Kier alpha value is -1.24. The Balaban J connectivity index is 2.30. The maximum atomic E-state index is 11.4. The number of alkyl carbamates (subject to hydrolysis) is 1. The lowest BCUT2D eigenvalue weighted by Gasteiger charge is -2.21. The third kappa shape index (κ3) is 4.09. The van der Waals surface area contributed by atoms with Crippen molar-refractivity contribution in [1.29, 1.82) is 5.26 Å². The van der Waals surface area contributed by atoms with E-state index in [4.69, 9.17) is 10.00 Å². The van der Waals surface area contributed by atoms with Crippen LogP contribution in [0.5, 0.6) is 0 Å². The molecule has 1 N–H and O–H groups in total. The fourth-order valence-corrected chi connectivity index (χ4v) is 1.98. The molecule has 2 atom stereocenters. The predicted octanol–water partition coefficient (Wildman–Crippen LogP) is 2.45. The van der Waals surface area contributed by atoms with Crippen LogP contribution >= 0.6 is 0 Å². The number of ether oxygens (including phenoxy) is 1. The van der Waals surface area contributed by atoms with Crippen LogP contribution in [0.2, 0.25) is 0 Å². The molecule has 90 valence electrons. The maximum Gasteiger partial charge on any atom is 0.407 e. The van der Waals surface area contributed by atoms with Gasteiger partial charge in [-0.2, -0.15) is 5.26 Å². The highest BCUT2D eigenvalue weighted by atomic mass is 16.6. The molecule has 0 radical (unpaired) electrons. The molecule has 2 unspecified atom stereocenters. The Morgan fingerprint density at radius 1 is 1.50 bits per heavy atom. The average Bonchev–Trinajstić information content (AvgIpc) is 2.59. The van der Waals surface area contributed by atoms with Gasteiger partial charge in [0.15, 0.2) is 0 Å². The van der Waals surface area contributed by atoms with Crippen molar-refractivity contribution in [3.05, 3.63) is 0 Å². The molecule has 1 aliphatic rings. The van der Waals surface area contributed by atoms with E-state index in [9.17, 15) is 4.79 Å². The van der Waals surface area contributed by atoms with Gasteiger partial charge in [-0.25, -0.2) is 4.79 Å². The topological polar surface area (TPSA) is 62.1 Å². The lowest BCUT2D eigenvalue weighted by molar-refractivity contribution is 0.0517. The number of nitriles is 1. The van der Waals surface area contributed by atoms with E-state index in [0.29, 0.717) is 6.54 Å². The first-order valence-electron chi connectivity index (χ1n) is 5.79. The van der Waals surface area contributed by atoms with Crippen LogP contribution < -0.4 is 5.32 Å². The SMILES string of the molecule is CC(C)(C)OC(=O)NCC1CCCC1C#N. The van der Waals surface area contributed by atoms with Crippen LogP contribution in [0.25, 0.3) is 0 Å². The number of hydrogen-bond acceptors (Lipinski definition) is 3. The third-order valence-electron chi connectivity index (χ3n) is 2.73. The Labute approximate surface area is 97.0 Å². The van der Waals surface area contributed by atoms with Crippen LogP contribution in [0, 0.1) is 23.2 Å².